The van der Waals surface area contributed by atoms with Gasteiger partial charge in [-0.05, 0) is 50.7 Å². The van der Waals surface area contributed by atoms with Crippen LogP contribution in [-0.4, -0.2) is 62.5 Å². The zero-order chi connectivity index (χ0) is 28.4. The van der Waals surface area contributed by atoms with Crippen LogP contribution < -0.4 is 21.7 Å². The number of carbonyl (C=O) groups excluding carboxylic acids is 2. The van der Waals surface area contributed by atoms with Gasteiger partial charge in [-0.15, -0.1) is 0 Å². The van der Waals surface area contributed by atoms with E-state index in [4.69, 9.17) is 38.9 Å². The molecule has 0 spiro atoms. The molecule has 3 heterocycles. The van der Waals surface area contributed by atoms with Gasteiger partial charge in [0.25, 0.3) is 0 Å². The molecule has 0 radical (unpaired) electrons. The van der Waals surface area contributed by atoms with E-state index in [-0.39, 0.29) is 40.0 Å². The van der Waals surface area contributed by atoms with Crippen LogP contribution in [-0.2, 0) is 4.79 Å². The number of benzene rings is 1. The quantitative estimate of drug-likeness (QED) is 0.334. The number of halogens is 2. The number of nitrogens with zero attached hydrogens (tertiary/aromatic N) is 6. The van der Waals surface area contributed by atoms with Crippen molar-refractivity contribution < 1.29 is 9.59 Å². The molecule has 3 aromatic rings. The number of urea groups is 1. The molecule has 5 N–H and O–H groups in total. The summed E-state index contributed by atoms with van der Waals surface area (Å²) in [6.45, 7) is 1.24. The van der Waals surface area contributed by atoms with Crippen molar-refractivity contribution >= 4 is 63.9 Å². The Morgan fingerprint density at radius 3 is 2.50 bits per heavy atom. The summed E-state index contributed by atoms with van der Waals surface area (Å²) in [6, 6.07) is 4.99. The molecule has 210 valence electrons. The first-order chi connectivity index (χ1) is 19.3. The van der Waals surface area contributed by atoms with E-state index in [0.29, 0.717) is 73.1 Å². The standard InChI is InChI=1S/C26H30Cl2N10O2/c1-31-26(40)37-8-2-3-16(13-37)33-24-32-12-20-23(36-24)38(17-6-4-15(5-7-17)22(30)39)25(34-20)35-21-18(27)9-14(11-29)10-19(21)28/h9-10,12,15-17H,2-8,13H2,1H3,(H2,30,39)(H,31,40)(H,34,35)(H,32,33,36)/t15?,16-,17?/m1/s1. The monoisotopic (exact) mass is 584 g/mol. The van der Waals surface area contributed by atoms with Gasteiger partial charge in [0.1, 0.15) is 5.52 Å². The molecule has 5 rings (SSSR count). The van der Waals surface area contributed by atoms with Crippen molar-refractivity contribution in [3.63, 3.8) is 0 Å². The average molecular weight is 586 g/mol. The van der Waals surface area contributed by atoms with E-state index in [2.05, 4.69) is 20.9 Å². The number of anilines is 3. The second kappa shape index (κ2) is 11.7. The fraction of sp³-hybridized carbons (Fsp3) is 0.462. The third-order valence-corrected chi connectivity index (χ3v) is 8.16. The summed E-state index contributed by atoms with van der Waals surface area (Å²) < 4.78 is 2.00. The highest BCUT2D eigenvalue weighted by atomic mass is 35.5. The molecular weight excluding hydrogens is 555 g/mol. The van der Waals surface area contributed by atoms with Gasteiger partial charge >= 0.3 is 6.03 Å². The highest BCUT2D eigenvalue weighted by Crippen LogP contribution is 2.39. The Bertz CT molecular complexity index is 1460. The van der Waals surface area contributed by atoms with Crippen molar-refractivity contribution in [2.24, 2.45) is 11.7 Å². The van der Waals surface area contributed by atoms with Gasteiger partial charge < -0.3 is 26.6 Å². The van der Waals surface area contributed by atoms with Crippen LogP contribution in [0.25, 0.3) is 11.2 Å². The Balaban J connectivity index is 1.49. The van der Waals surface area contributed by atoms with Crippen molar-refractivity contribution in [1.82, 2.24) is 29.7 Å². The molecule has 1 atom stereocenters. The van der Waals surface area contributed by atoms with Crippen LogP contribution >= 0.6 is 23.2 Å². The molecule has 0 bridgehead atoms. The Labute approximate surface area is 241 Å². The second-order valence-electron chi connectivity index (χ2n) is 10.2. The van der Waals surface area contributed by atoms with Gasteiger partial charge in [0, 0.05) is 38.1 Å². The first-order valence-electron chi connectivity index (χ1n) is 13.2. The molecule has 0 unspecified atom stereocenters. The first kappa shape index (κ1) is 27.7. The van der Waals surface area contributed by atoms with Crippen LogP contribution in [0.15, 0.2) is 18.3 Å². The minimum atomic E-state index is -0.282. The van der Waals surface area contributed by atoms with Crippen LogP contribution in [0, 0.1) is 17.2 Å². The zero-order valence-corrected chi connectivity index (χ0v) is 23.5. The van der Waals surface area contributed by atoms with Crippen LogP contribution in [0.5, 0.6) is 0 Å². The number of likely N-dealkylation sites (tertiary alicyclic amines) is 1. The minimum absolute atomic E-state index is 0.000246. The average Bonchev–Trinajstić information content (AvgIpc) is 3.31. The van der Waals surface area contributed by atoms with Gasteiger partial charge in [0.2, 0.25) is 17.8 Å². The number of carbonyl (C=O) groups is 2. The largest absolute Gasteiger partial charge is 0.369 e. The summed E-state index contributed by atoms with van der Waals surface area (Å²) in [4.78, 5) is 39.8. The molecule has 1 aliphatic carbocycles. The summed E-state index contributed by atoms with van der Waals surface area (Å²) in [5.41, 5.74) is 7.53. The number of hydrogen-bond donors (Lipinski definition) is 4. The van der Waals surface area contributed by atoms with Gasteiger partial charge in [-0.25, -0.2) is 14.8 Å². The van der Waals surface area contributed by atoms with E-state index in [1.54, 1.807) is 18.1 Å². The predicted octanol–water partition coefficient (Wildman–Crippen LogP) is 4.18. The SMILES string of the molecule is CNC(=O)N1CCC[C@@H](Nc2ncc3nc(Nc4c(Cl)cc(C#N)cc4Cl)n(C4CCC(C(N)=O)CC4)c3n2)C1. The van der Waals surface area contributed by atoms with Crippen molar-refractivity contribution in [2.75, 3.05) is 30.8 Å². The number of aromatic nitrogens is 4. The highest BCUT2D eigenvalue weighted by Gasteiger charge is 2.30. The zero-order valence-electron chi connectivity index (χ0n) is 22.0. The maximum Gasteiger partial charge on any atom is 0.317 e. The molecule has 12 nitrogen and oxygen atoms in total. The van der Waals surface area contributed by atoms with E-state index in [0.717, 1.165) is 12.8 Å². The molecule has 1 aliphatic heterocycles. The maximum absolute atomic E-state index is 12.1. The molecule has 3 amide bonds. The molecular formula is C26H30Cl2N10O2. The van der Waals surface area contributed by atoms with Gasteiger partial charge in [-0.3, -0.25) is 9.36 Å². The lowest BCUT2D eigenvalue weighted by Crippen LogP contribution is -2.48. The normalized spacial score (nSPS) is 21.1. The summed E-state index contributed by atoms with van der Waals surface area (Å²) in [5.74, 6) is 0.465. The molecule has 1 aromatic carbocycles. The highest BCUT2D eigenvalue weighted by molar-refractivity contribution is 6.39. The fourth-order valence-electron chi connectivity index (χ4n) is 5.50. The lowest BCUT2D eigenvalue weighted by Gasteiger charge is -2.32. The summed E-state index contributed by atoms with van der Waals surface area (Å²) in [5, 5.41) is 19.1. The number of imidazole rings is 1. The molecule has 1 saturated carbocycles. The van der Waals surface area contributed by atoms with Crippen LogP contribution in [0.1, 0.15) is 50.1 Å². The van der Waals surface area contributed by atoms with Crippen molar-refractivity contribution in [3.05, 3.63) is 33.9 Å². The lowest BCUT2D eigenvalue weighted by atomic mass is 9.85. The fourth-order valence-corrected chi connectivity index (χ4v) is 6.08. The second-order valence-corrected chi connectivity index (χ2v) is 11.0. The number of rotatable bonds is 6. The topological polar surface area (TPSA) is 167 Å². The van der Waals surface area contributed by atoms with E-state index in [9.17, 15) is 14.9 Å². The molecule has 14 heteroatoms. The Morgan fingerprint density at radius 2 is 1.85 bits per heavy atom. The Kier molecular flexibility index (Phi) is 8.14. The van der Waals surface area contributed by atoms with Crippen LogP contribution in [0.4, 0.5) is 22.4 Å². The van der Waals surface area contributed by atoms with Crippen molar-refractivity contribution in [2.45, 2.75) is 50.6 Å². The number of fused-ring (bicyclic) bond motifs is 1. The molecule has 1 saturated heterocycles. The van der Waals surface area contributed by atoms with E-state index >= 15 is 0 Å². The number of nitrogens with two attached hydrogens (primary N) is 1. The number of nitrogens with one attached hydrogen (secondary N) is 3. The number of piperidine rings is 1. The Hall–Kier alpha value is -3.82. The van der Waals surface area contributed by atoms with E-state index in [1.165, 1.54) is 12.1 Å². The first-order valence-corrected chi connectivity index (χ1v) is 14.0. The molecule has 40 heavy (non-hydrogen) atoms. The van der Waals surface area contributed by atoms with E-state index < -0.39 is 0 Å². The van der Waals surface area contributed by atoms with Gasteiger partial charge in [-0.2, -0.15) is 10.2 Å². The summed E-state index contributed by atoms with van der Waals surface area (Å²) in [7, 11) is 1.62. The minimum Gasteiger partial charge on any atom is -0.369 e. The summed E-state index contributed by atoms with van der Waals surface area (Å²) >= 11 is 13.0. The van der Waals surface area contributed by atoms with Crippen LogP contribution in [0.2, 0.25) is 10.0 Å². The number of hydrogen-bond acceptors (Lipinski definition) is 8. The molecule has 2 fully saturated rings. The smallest absolute Gasteiger partial charge is 0.317 e. The Morgan fingerprint density at radius 1 is 1.12 bits per heavy atom. The molecule has 2 aliphatic rings. The van der Waals surface area contributed by atoms with Gasteiger partial charge in [0.05, 0.1) is 33.6 Å². The third kappa shape index (κ3) is 5.71. The number of amides is 3. The molecule has 2 aromatic heterocycles. The van der Waals surface area contributed by atoms with Gasteiger partial charge in [-0.1, -0.05) is 23.2 Å². The third-order valence-electron chi connectivity index (χ3n) is 7.56. The summed E-state index contributed by atoms with van der Waals surface area (Å²) in [6.07, 6.45) is 6.14. The maximum atomic E-state index is 12.1. The van der Waals surface area contributed by atoms with Gasteiger partial charge in [0.15, 0.2) is 5.65 Å². The van der Waals surface area contributed by atoms with Crippen molar-refractivity contribution in [1.29, 1.82) is 5.26 Å². The predicted molar refractivity (Wildman–Crippen MR) is 153 cm³/mol. The van der Waals surface area contributed by atoms with Crippen LogP contribution in [0.3, 0.4) is 0 Å². The number of primary amides is 1. The van der Waals surface area contributed by atoms with Crippen molar-refractivity contribution in [3.8, 4) is 6.07 Å². The number of nitriles is 1. The lowest BCUT2D eigenvalue weighted by molar-refractivity contribution is -0.122. The van der Waals surface area contributed by atoms with E-state index in [1.807, 2.05) is 10.6 Å².